The summed E-state index contributed by atoms with van der Waals surface area (Å²) in [5, 5.41) is 0. The third-order valence-electron chi connectivity index (χ3n) is 9.78. The van der Waals surface area contributed by atoms with Gasteiger partial charge >= 0.3 is 5.97 Å². The molecular weight excluding hydrogens is 362 g/mol. The summed E-state index contributed by atoms with van der Waals surface area (Å²) in [6, 6.07) is 0.430. The first-order chi connectivity index (χ1) is 13.5. The van der Waals surface area contributed by atoms with Crippen LogP contribution in [0.15, 0.2) is 0 Å². The van der Waals surface area contributed by atoms with Crippen LogP contribution >= 0.6 is 0 Å². The monoisotopic (exact) mass is 403 g/mol. The first-order valence-corrected chi connectivity index (χ1v) is 11.9. The van der Waals surface area contributed by atoms with Crippen molar-refractivity contribution < 1.29 is 14.3 Å². The summed E-state index contributed by atoms with van der Waals surface area (Å²) >= 11 is 0. The van der Waals surface area contributed by atoms with Crippen LogP contribution in [-0.2, 0) is 14.3 Å². The third kappa shape index (κ3) is 3.24. The number of piperidine rings is 1. The molecule has 1 aliphatic heterocycles. The van der Waals surface area contributed by atoms with Crippen LogP contribution in [0.3, 0.4) is 0 Å². The van der Waals surface area contributed by atoms with Gasteiger partial charge in [-0.05, 0) is 100 Å². The summed E-state index contributed by atoms with van der Waals surface area (Å²) in [6.07, 6.45) is 9.21. The van der Waals surface area contributed by atoms with Crippen LogP contribution < -0.4 is 0 Å². The van der Waals surface area contributed by atoms with E-state index >= 15 is 0 Å². The topological polar surface area (TPSA) is 46.6 Å². The Kier molecular flexibility index (Phi) is 5.10. The zero-order chi connectivity index (χ0) is 21.2. The molecule has 2 unspecified atom stereocenters. The van der Waals surface area contributed by atoms with E-state index in [0.717, 1.165) is 37.0 Å². The lowest BCUT2D eigenvalue weighted by molar-refractivity contribution is -0.163. The highest BCUT2D eigenvalue weighted by Crippen LogP contribution is 2.66. The quantitative estimate of drug-likeness (QED) is 0.606. The van der Waals surface area contributed by atoms with Crippen molar-refractivity contribution in [2.45, 2.75) is 92.0 Å². The van der Waals surface area contributed by atoms with Crippen molar-refractivity contribution in [3.05, 3.63) is 0 Å². The van der Waals surface area contributed by atoms with Crippen molar-refractivity contribution in [1.82, 2.24) is 4.90 Å². The lowest BCUT2D eigenvalue weighted by atomic mass is 9.47. The molecule has 0 bridgehead atoms. The normalized spacial score (nSPS) is 44.7. The molecule has 0 radical (unpaired) electrons. The molecular formula is C25H41NO3. The number of carbonyl (C=O) groups excluding carboxylic acids is 2. The molecule has 4 fully saturated rings. The SMILES string of the molecule is CN1C(=O)CC[C@@]2(C)C1CC[C@@H]1[C@H]2CC[C@]2(C)C(COC(=O)C(C)(C)C)CC[C@@H]12. The van der Waals surface area contributed by atoms with Crippen molar-refractivity contribution in [1.29, 1.82) is 0 Å². The summed E-state index contributed by atoms with van der Waals surface area (Å²) in [7, 11) is 2.03. The Morgan fingerprint density at radius 2 is 1.72 bits per heavy atom. The fourth-order valence-corrected chi connectivity index (χ4v) is 7.93. The van der Waals surface area contributed by atoms with Gasteiger partial charge in [-0.3, -0.25) is 9.59 Å². The van der Waals surface area contributed by atoms with Crippen molar-refractivity contribution in [3.8, 4) is 0 Å². The number of likely N-dealkylation sites (tertiary alicyclic amines) is 1. The third-order valence-corrected chi connectivity index (χ3v) is 9.78. The van der Waals surface area contributed by atoms with Gasteiger partial charge < -0.3 is 9.64 Å². The minimum Gasteiger partial charge on any atom is -0.465 e. The Bertz CT molecular complexity index is 682. The summed E-state index contributed by atoms with van der Waals surface area (Å²) in [4.78, 5) is 26.7. The van der Waals surface area contributed by atoms with Crippen LogP contribution in [0.25, 0.3) is 0 Å². The maximum atomic E-state index is 12.3. The van der Waals surface area contributed by atoms with E-state index in [1.807, 2.05) is 27.8 Å². The Morgan fingerprint density at radius 1 is 1.03 bits per heavy atom. The number of ether oxygens (including phenoxy) is 1. The fraction of sp³-hybridized carbons (Fsp3) is 0.920. The van der Waals surface area contributed by atoms with Crippen molar-refractivity contribution >= 4 is 11.9 Å². The standard InChI is InChI=1S/C25H41NO3/c1-23(2,3)22(28)29-15-16-7-9-18-17-8-10-20-25(5,14-12-21(27)26(20)6)19(17)11-13-24(16,18)4/h16-20H,7-15H2,1-6H3/t16?,17-,18-,19+,20?,24+,25+/m0/s1. The number of rotatable bonds is 2. The molecule has 3 saturated carbocycles. The summed E-state index contributed by atoms with van der Waals surface area (Å²) in [5.74, 6) is 3.04. The maximum absolute atomic E-state index is 12.3. The first kappa shape index (κ1) is 21.2. The average Bonchev–Trinajstić information content (AvgIpc) is 2.99. The van der Waals surface area contributed by atoms with E-state index in [9.17, 15) is 9.59 Å². The molecule has 3 aliphatic carbocycles. The molecule has 4 nitrogen and oxygen atoms in total. The molecule has 4 aliphatic rings. The second-order valence-electron chi connectivity index (χ2n) is 12.1. The smallest absolute Gasteiger partial charge is 0.311 e. The van der Waals surface area contributed by atoms with Gasteiger partial charge in [0.05, 0.1) is 12.0 Å². The zero-order valence-electron chi connectivity index (χ0n) is 19.4. The molecule has 4 heteroatoms. The van der Waals surface area contributed by atoms with Gasteiger partial charge in [0.2, 0.25) is 5.91 Å². The number of amides is 1. The van der Waals surface area contributed by atoms with Crippen molar-refractivity contribution in [3.63, 3.8) is 0 Å². The van der Waals surface area contributed by atoms with Crippen LogP contribution in [0.5, 0.6) is 0 Å². The van der Waals surface area contributed by atoms with Gasteiger partial charge in [-0.2, -0.15) is 0 Å². The molecule has 0 N–H and O–H groups in total. The van der Waals surface area contributed by atoms with E-state index in [4.69, 9.17) is 4.74 Å². The molecule has 1 heterocycles. The number of esters is 1. The van der Waals surface area contributed by atoms with E-state index in [2.05, 4.69) is 18.7 Å². The first-order valence-electron chi connectivity index (χ1n) is 11.9. The van der Waals surface area contributed by atoms with Crippen LogP contribution in [0.1, 0.15) is 86.0 Å². The number of hydrogen-bond donors (Lipinski definition) is 0. The second kappa shape index (κ2) is 6.99. The van der Waals surface area contributed by atoms with E-state index < -0.39 is 5.41 Å². The van der Waals surface area contributed by atoms with Gasteiger partial charge in [-0.1, -0.05) is 13.8 Å². The van der Waals surface area contributed by atoms with Gasteiger partial charge in [0, 0.05) is 19.5 Å². The van der Waals surface area contributed by atoms with Gasteiger partial charge in [0.1, 0.15) is 0 Å². The molecule has 4 rings (SSSR count). The molecule has 164 valence electrons. The summed E-state index contributed by atoms with van der Waals surface area (Å²) < 4.78 is 5.79. The predicted molar refractivity (Wildman–Crippen MR) is 114 cm³/mol. The van der Waals surface area contributed by atoms with Crippen LogP contribution in [-0.4, -0.2) is 36.5 Å². The van der Waals surface area contributed by atoms with Gasteiger partial charge in [0.25, 0.3) is 0 Å². The lowest BCUT2D eigenvalue weighted by Crippen LogP contribution is -2.61. The number of hydrogen-bond acceptors (Lipinski definition) is 3. The maximum Gasteiger partial charge on any atom is 0.311 e. The molecule has 0 aromatic carbocycles. The van der Waals surface area contributed by atoms with Gasteiger partial charge in [-0.25, -0.2) is 0 Å². The minimum absolute atomic E-state index is 0.0684. The Morgan fingerprint density at radius 3 is 2.41 bits per heavy atom. The zero-order valence-corrected chi connectivity index (χ0v) is 19.4. The highest BCUT2D eigenvalue weighted by molar-refractivity contribution is 5.77. The lowest BCUT2D eigenvalue weighted by Gasteiger charge is -2.61. The van der Waals surface area contributed by atoms with Crippen molar-refractivity contribution in [2.75, 3.05) is 13.7 Å². The van der Waals surface area contributed by atoms with E-state index in [1.54, 1.807) is 0 Å². The molecule has 7 atom stereocenters. The Balaban J connectivity index is 1.49. The Labute approximate surface area is 177 Å². The average molecular weight is 404 g/mol. The molecule has 0 spiro atoms. The minimum atomic E-state index is -0.423. The molecule has 0 aromatic rings. The number of carbonyl (C=O) groups is 2. The van der Waals surface area contributed by atoms with E-state index in [-0.39, 0.29) is 11.4 Å². The van der Waals surface area contributed by atoms with Crippen LogP contribution in [0, 0.1) is 39.9 Å². The largest absolute Gasteiger partial charge is 0.465 e. The highest BCUT2D eigenvalue weighted by Gasteiger charge is 2.61. The Hall–Kier alpha value is -1.06. The van der Waals surface area contributed by atoms with Crippen molar-refractivity contribution in [2.24, 2.45) is 39.9 Å². The fourth-order valence-electron chi connectivity index (χ4n) is 7.93. The van der Waals surface area contributed by atoms with E-state index in [1.165, 1.54) is 32.1 Å². The number of nitrogens with zero attached hydrogens (tertiary/aromatic N) is 1. The molecule has 0 aromatic heterocycles. The predicted octanol–water partition coefficient (Wildman–Crippen LogP) is 5.06. The summed E-state index contributed by atoms with van der Waals surface area (Å²) in [5.41, 5.74) is 0.163. The van der Waals surface area contributed by atoms with Gasteiger partial charge in [0.15, 0.2) is 0 Å². The molecule has 29 heavy (non-hydrogen) atoms. The second-order valence-corrected chi connectivity index (χ2v) is 12.1. The van der Waals surface area contributed by atoms with Crippen LogP contribution in [0.4, 0.5) is 0 Å². The number of fused-ring (bicyclic) bond motifs is 5. The molecule has 1 saturated heterocycles. The van der Waals surface area contributed by atoms with Crippen LogP contribution in [0.2, 0.25) is 0 Å². The van der Waals surface area contributed by atoms with Gasteiger partial charge in [-0.15, -0.1) is 0 Å². The van der Waals surface area contributed by atoms with E-state index in [0.29, 0.717) is 29.9 Å². The summed E-state index contributed by atoms with van der Waals surface area (Å²) in [6.45, 7) is 11.4. The highest BCUT2D eigenvalue weighted by atomic mass is 16.5. The molecule has 1 amide bonds.